The van der Waals surface area contributed by atoms with Gasteiger partial charge in [-0.05, 0) is 43.0 Å². The monoisotopic (exact) mass is 224 g/mol. The highest BCUT2D eigenvalue weighted by Crippen LogP contribution is 2.30. The molecule has 15 heavy (non-hydrogen) atoms. The zero-order valence-electron chi connectivity index (χ0n) is 8.32. The van der Waals surface area contributed by atoms with E-state index in [2.05, 4.69) is 0 Å². The first-order chi connectivity index (χ1) is 7.16. The molecule has 0 radical (unpaired) electrons. The van der Waals surface area contributed by atoms with Crippen LogP contribution in [0, 0.1) is 5.92 Å². The van der Waals surface area contributed by atoms with E-state index in [-0.39, 0.29) is 5.91 Å². The Morgan fingerprint density at radius 2 is 2.00 bits per heavy atom. The average Bonchev–Trinajstić information content (AvgIpc) is 3.02. The van der Waals surface area contributed by atoms with Crippen molar-refractivity contribution in [3.63, 3.8) is 0 Å². The number of amides is 1. The Balaban J connectivity index is 2.02. The molecule has 0 bridgehead atoms. The Morgan fingerprint density at radius 1 is 1.40 bits per heavy atom. The van der Waals surface area contributed by atoms with Gasteiger partial charge in [0.1, 0.15) is 0 Å². The second-order valence-corrected chi connectivity index (χ2v) is 4.32. The summed E-state index contributed by atoms with van der Waals surface area (Å²) in [6.45, 7) is 0.644. The van der Waals surface area contributed by atoms with Gasteiger partial charge in [-0.25, -0.2) is 0 Å². The van der Waals surface area contributed by atoms with Gasteiger partial charge in [0.15, 0.2) is 0 Å². The number of hydrogen-bond donors (Lipinski definition) is 1. The van der Waals surface area contributed by atoms with Gasteiger partial charge < -0.3 is 5.73 Å². The maximum Gasteiger partial charge on any atom is 0.268 e. The highest BCUT2D eigenvalue weighted by molar-refractivity contribution is 6.24. The van der Waals surface area contributed by atoms with Crippen molar-refractivity contribution in [3.05, 3.63) is 29.8 Å². The summed E-state index contributed by atoms with van der Waals surface area (Å²) in [5.41, 5.74) is 6.77. The van der Waals surface area contributed by atoms with Gasteiger partial charge >= 0.3 is 0 Å². The van der Waals surface area contributed by atoms with Crippen LogP contribution in [0.15, 0.2) is 24.3 Å². The van der Waals surface area contributed by atoms with Gasteiger partial charge in [0.25, 0.3) is 5.91 Å². The SMILES string of the molecule is Nc1ccc(C(=O)N(Cl)CC2CC2)cc1. The molecule has 1 aromatic rings. The van der Waals surface area contributed by atoms with Gasteiger partial charge in [0, 0.05) is 29.6 Å². The Labute approximate surface area is 93.9 Å². The second kappa shape index (κ2) is 4.11. The van der Waals surface area contributed by atoms with Crippen LogP contribution in [-0.2, 0) is 0 Å². The molecule has 0 heterocycles. The number of nitrogen functional groups attached to an aromatic ring is 1. The van der Waals surface area contributed by atoms with Gasteiger partial charge in [-0.3, -0.25) is 9.21 Å². The zero-order chi connectivity index (χ0) is 10.8. The predicted octanol–water partition coefficient (Wildman–Crippen LogP) is 2.27. The van der Waals surface area contributed by atoms with Crippen LogP contribution in [0.1, 0.15) is 23.2 Å². The van der Waals surface area contributed by atoms with E-state index in [0.717, 1.165) is 0 Å². The summed E-state index contributed by atoms with van der Waals surface area (Å²) in [7, 11) is 0. The Hall–Kier alpha value is -1.22. The third-order valence-electron chi connectivity index (χ3n) is 2.49. The predicted molar refractivity (Wildman–Crippen MR) is 60.5 cm³/mol. The van der Waals surface area contributed by atoms with Crippen LogP contribution in [0.3, 0.4) is 0 Å². The lowest BCUT2D eigenvalue weighted by Gasteiger charge is -2.13. The average molecular weight is 225 g/mol. The molecule has 1 aromatic carbocycles. The molecule has 0 spiro atoms. The van der Waals surface area contributed by atoms with E-state index in [1.807, 2.05) is 0 Å². The molecule has 0 atom stereocenters. The molecule has 0 saturated heterocycles. The standard InChI is InChI=1S/C11H13ClN2O/c12-14(7-8-1-2-8)11(15)9-3-5-10(13)6-4-9/h3-6,8H,1-2,7,13H2. The van der Waals surface area contributed by atoms with Crippen molar-refractivity contribution in [1.82, 2.24) is 4.42 Å². The highest BCUT2D eigenvalue weighted by Gasteiger charge is 2.26. The minimum Gasteiger partial charge on any atom is -0.399 e. The summed E-state index contributed by atoms with van der Waals surface area (Å²) < 4.78 is 1.27. The van der Waals surface area contributed by atoms with Gasteiger partial charge in [0.2, 0.25) is 0 Å². The van der Waals surface area contributed by atoms with Crippen molar-refractivity contribution in [1.29, 1.82) is 0 Å². The summed E-state index contributed by atoms with van der Waals surface area (Å²) in [6, 6.07) is 6.80. The van der Waals surface area contributed by atoms with Crippen LogP contribution in [0.4, 0.5) is 5.69 Å². The number of nitrogens with two attached hydrogens (primary N) is 1. The minimum atomic E-state index is -0.149. The molecule has 0 aliphatic heterocycles. The lowest BCUT2D eigenvalue weighted by Crippen LogP contribution is -2.23. The normalized spacial score (nSPS) is 15.0. The fourth-order valence-electron chi connectivity index (χ4n) is 1.38. The Morgan fingerprint density at radius 3 is 2.53 bits per heavy atom. The van der Waals surface area contributed by atoms with Crippen molar-refractivity contribution >= 4 is 23.4 Å². The third-order valence-corrected chi connectivity index (χ3v) is 2.78. The number of nitrogens with zero attached hydrogens (tertiary/aromatic N) is 1. The molecule has 2 N–H and O–H groups in total. The first-order valence-electron chi connectivity index (χ1n) is 5.00. The summed E-state index contributed by atoms with van der Waals surface area (Å²) >= 11 is 5.89. The maximum atomic E-state index is 11.8. The third kappa shape index (κ3) is 2.63. The summed E-state index contributed by atoms with van der Waals surface area (Å²) in [5.74, 6) is 0.448. The quantitative estimate of drug-likeness (QED) is 0.633. The molecule has 2 rings (SSSR count). The molecule has 1 aliphatic carbocycles. The van der Waals surface area contributed by atoms with Crippen LogP contribution in [0.25, 0.3) is 0 Å². The molecule has 1 fully saturated rings. The van der Waals surface area contributed by atoms with E-state index in [1.54, 1.807) is 24.3 Å². The number of halogens is 1. The first kappa shape index (κ1) is 10.3. The minimum absolute atomic E-state index is 0.149. The number of rotatable bonds is 3. The smallest absolute Gasteiger partial charge is 0.268 e. The molecule has 1 amide bonds. The van der Waals surface area contributed by atoms with Gasteiger partial charge in [-0.15, -0.1) is 0 Å². The molecular weight excluding hydrogens is 212 g/mol. The van der Waals surface area contributed by atoms with Crippen molar-refractivity contribution in [2.24, 2.45) is 5.92 Å². The van der Waals surface area contributed by atoms with Crippen LogP contribution in [0.5, 0.6) is 0 Å². The van der Waals surface area contributed by atoms with Crippen LogP contribution < -0.4 is 5.73 Å². The van der Waals surface area contributed by atoms with E-state index in [4.69, 9.17) is 17.5 Å². The van der Waals surface area contributed by atoms with Crippen molar-refractivity contribution in [2.45, 2.75) is 12.8 Å². The first-order valence-corrected chi connectivity index (χ1v) is 5.34. The summed E-state index contributed by atoms with van der Waals surface area (Å²) in [6.07, 6.45) is 2.36. The van der Waals surface area contributed by atoms with Crippen molar-refractivity contribution in [2.75, 3.05) is 12.3 Å². The lowest BCUT2D eigenvalue weighted by molar-refractivity contribution is 0.0859. The Kier molecular flexibility index (Phi) is 2.82. The molecule has 0 aromatic heterocycles. The number of carbonyl (C=O) groups is 1. The Bertz CT molecular complexity index is 359. The topological polar surface area (TPSA) is 46.3 Å². The summed E-state index contributed by atoms with van der Waals surface area (Å²) in [5, 5.41) is 0. The van der Waals surface area contributed by atoms with Crippen molar-refractivity contribution in [3.8, 4) is 0 Å². The van der Waals surface area contributed by atoms with Gasteiger partial charge in [-0.1, -0.05) is 0 Å². The molecule has 1 saturated carbocycles. The number of carbonyl (C=O) groups excluding carboxylic acids is 1. The fourth-order valence-corrected chi connectivity index (χ4v) is 1.67. The molecule has 0 unspecified atom stereocenters. The van der Waals surface area contributed by atoms with Crippen molar-refractivity contribution < 1.29 is 4.79 Å². The van der Waals surface area contributed by atoms with E-state index < -0.39 is 0 Å². The van der Waals surface area contributed by atoms with E-state index in [1.165, 1.54) is 17.3 Å². The van der Waals surface area contributed by atoms with Gasteiger partial charge in [0.05, 0.1) is 0 Å². The molecular formula is C11H13ClN2O. The largest absolute Gasteiger partial charge is 0.399 e. The van der Waals surface area contributed by atoms with E-state index in [0.29, 0.717) is 23.7 Å². The van der Waals surface area contributed by atoms with Crippen LogP contribution >= 0.6 is 11.8 Å². The van der Waals surface area contributed by atoms with Crippen LogP contribution in [0.2, 0.25) is 0 Å². The molecule has 3 nitrogen and oxygen atoms in total. The molecule has 1 aliphatic rings. The fraction of sp³-hybridized carbons (Fsp3) is 0.364. The zero-order valence-corrected chi connectivity index (χ0v) is 9.07. The highest BCUT2D eigenvalue weighted by atomic mass is 35.5. The number of benzene rings is 1. The lowest BCUT2D eigenvalue weighted by atomic mass is 10.2. The number of anilines is 1. The molecule has 80 valence electrons. The second-order valence-electron chi connectivity index (χ2n) is 3.92. The summed E-state index contributed by atoms with van der Waals surface area (Å²) in [4.78, 5) is 11.8. The van der Waals surface area contributed by atoms with Crippen LogP contribution in [-0.4, -0.2) is 16.9 Å². The van der Waals surface area contributed by atoms with E-state index in [9.17, 15) is 4.79 Å². The maximum absolute atomic E-state index is 11.8. The number of hydrogen-bond acceptors (Lipinski definition) is 2. The van der Waals surface area contributed by atoms with E-state index >= 15 is 0 Å². The molecule has 4 heteroatoms. The van der Waals surface area contributed by atoms with Gasteiger partial charge in [-0.2, -0.15) is 0 Å².